The maximum Gasteiger partial charge on any atom is 0.123 e. The average Bonchev–Trinajstić information content (AvgIpc) is 2.84. The van der Waals surface area contributed by atoms with Crippen LogP contribution in [0.5, 0.6) is 5.75 Å². The quantitative estimate of drug-likeness (QED) is 0.416. The molecule has 1 aliphatic rings. The molecule has 0 radical (unpaired) electrons. The van der Waals surface area contributed by atoms with E-state index in [0.717, 1.165) is 17.5 Å². The first-order valence-electron chi connectivity index (χ1n) is 7.18. The first-order chi connectivity index (χ1) is 9.14. The molecule has 0 aromatic heterocycles. The first kappa shape index (κ1) is 27.6. The van der Waals surface area contributed by atoms with E-state index in [1.54, 1.807) is 0 Å². The molecule has 1 aromatic rings. The molecular weight excluding hydrogens is 363 g/mol. The van der Waals surface area contributed by atoms with Gasteiger partial charge in [-0.1, -0.05) is 59.7 Å². The van der Waals surface area contributed by atoms with Crippen molar-refractivity contribution in [3.63, 3.8) is 0 Å². The van der Waals surface area contributed by atoms with Crippen LogP contribution in [0.2, 0.25) is 0 Å². The first-order valence-corrected chi connectivity index (χ1v) is 7.18. The zero-order valence-electron chi connectivity index (χ0n) is 14.9. The van der Waals surface area contributed by atoms with Gasteiger partial charge in [-0.25, -0.2) is 12.2 Å². The van der Waals surface area contributed by atoms with Crippen molar-refractivity contribution < 1.29 is 26.8 Å². The maximum atomic E-state index is 10.3. The minimum absolute atomic E-state index is 0. The van der Waals surface area contributed by atoms with Crippen LogP contribution < -0.4 is 0 Å². The number of para-hydroxylation sites is 1. The predicted octanol–water partition coefficient (Wildman–Crippen LogP) is 6.13. The van der Waals surface area contributed by atoms with Crippen molar-refractivity contribution in [2.75, 3.05) is 0 Å². The number of aromatic hydroxyl groups is 1. The SMILES string of the molecule is CC(C)(C)c1cccc(C(C)(C)C)c1O.Cl.Cl.[C-]1=CC=CC1.[Ti]. The number of phenols is 1. The van der Waals surface area contributed by atoms with Crippen LogP contribution in [0.1, 0.15) is 59.1 Å². The number of rotatable bonds is 0. The zero-order chi connectivity index (χ0) is 15.4. The number of benzene rings is 1. The molecule has 1 aliphatic carbocycles. The van der Waals surface area contributed by atoms with Gasteiger partial charge in [0.2, 0.25) is 0 Å². The Morgan fingerprint density at radius 1 is 0.913 bits per heavy atom. The number of allylic oxidation sites excluding steroid dienone is 4. The number of phenolic OH excluding ortho intramolecular Hbond substituents is 1. The normalized spacial score (nSPS) is 12.3. The number of halogens is 2. The van der Waals surface area contributed by atoms with Gasteiger partial charge in [0.15, 0.2) is 0 Å². The molecule has 1 nitrogen and oxygen atoms in total. The van der Waals surface area contributed by atoms with E-state index in [2.05, 4.69) is 53.7 Å². The van der Waals surface area contributed by atoms with E-state index in [9.17, 15) is 5.11 Å². The summed E-state index contributed by atoms with van der Waals surface area (Å²) in [6.45, 7) is 12.7. The Morgan fingerprint density at radius 2 is 1.35 bits per heavy atom. The Kier molecular flexibility index (Phi) is 13.7. The van der Waals surface area contributed by atoms with Crippen LogP contribution in [-0.4, -0.2) is 5.11 Å². The van der Waals surface area contributed by atoms with E-state index in [-0.39, 0.29) is 57.4 Å². The van der Waals surface area contributed by atoms with Gasteiger partial charge in [-0.05, 0) is 22.0 Å². The van der Waals surface area contributed by atoms with Crippen LogP contribution in [0.3, 0.4) is 0 Å². The molecule has 0 atom stereocenters. The Balaban J connectivity index is -0.000000431. The molecule has 0 amide bonds. The van der Waals surface area contributed by atoms with E-state index >= 15 is 0 Å². The molecule has 0 aliphatic heterocycles. The van der Waals surface area contributed by atoms with Crippen molar-refractivity contribution >= 4 is 24.8 Å². The van der Waals surface area contributed by atoms with Crippen LogP contribution in [0.25, 0.3) is 0 Å². The van der Waals surface area contributed by atoms with Gasteiger partial charge < -0.3 is 5.11 Å². The topological polar surface area (TPSA) is 20.2 Å². The summed E-state index contributed by atoms with van der Waals surface area (Å²) in [4.78, 5) is 0. The van der Waals surface area contributed by atoms with Crippen molar-refractivity contribution in [3.8, 4) is 5.75 Å². The summed E-state index contributed by atoms with van der Waals surface area (Å²) >= 11 is 0. The van der Waals surface area contributed by atoms with Gasteiger partial charge in [0.05, 0.1) is 0 Å². The van der Waals surface area contributed by atoms with E-state index < -0.39 is 0 Å². The molecular formula is C19H29Cl2OTi-. The van der Waals surface area contributed by atoms with Crippen molar-refractivity contribution in [3.05, 3.63) is 53.6 Å². The zero-order valence-corrected chi connectivity index (χ0v) is 18.1. The van der Waals surface area contributed by atoms with Crippen molar-refractivity contribution in [1.82, 2.24) is 0 Å². The van der Waals surface area contributed by atoms with Crippen LogP contribution in [0, 0.1) is 6.08 Å². The summed E-state index contributed by atoms with van der Waals surface area (Å²) < 4.78 is 0. The molecule has 0 unspecified atom stereocenters. The Labute approximate surface area is 169 Å². The fraction of sp³-hybridized carbons (Fsp3) is 0.474. The van der Waals surface area contributed by atoms with Gasteiger partial charge in [-0.3, -0.25) is 6.08 Å². The Morgan fingerprint density at radius 3 is 1.57 bits per heavy atom. The van der Waals surface area contributed by atoms with Crippen LogP contribution >= 0.6 is 24.8 Å². The smallest absolute Gasteiger partial charge is 0.123 e. The second kappa shape index (κ2) is 11.4. The molecule has 4 heteroatoms. The van der Waals surface area contributed by atoms with E-state index in [1.807, 2.05) is 30.4 Å². The summed E-state index contributed by atoms with van der Waals surface area (Å²) in [6, 6.07) is 6.04. The monoisotopic (exact) mass is 391 g/mol. The fourth-order valence-corrected chi connectivity index (χ4v) is 2.09. The molecule has 2 rings (SSSR count). The average molecular weight is 392 g/mol. The third-order valence-electron chi connectivity index (χ3n) is 3.24. The van der Waals surface area contributed by atoms with Crippen LogP contribution in [0.15, 0.2) is 36.4 Å². The Hall–Kier alpha value is -0.206. The second-order valence-electron chi connectivity index (χ2n) is 7.20. The molecule has 0 fully saturated rings. The van der Waals surface area contributed by atoms with Gasteiger partial charge in [0.25, 0.3) is 0 Å². The van der Waals surface area contributed by atoms with Gasteiger partial charge in [0, 0.05) is 21.7 Å². The standard InChI is InChI=1S/C14H22O.C5H5.2ClH.Ti/c1-13(2,3)10-8-7-9-11(12(10)15)14(4,5)6;1-2-4-5-3-1;;;/h7-9,15H,1-6H3;1-3H,4H2;2*1H;/q;-1;;;. The minimum Gasteiger partial charge on any atom is -0.507 e. The molecule has 130 valence electrons. The molecule has 0 saturated heterocycles. The Bertz CT molecular complexity index is 467. The van der Waals surface area contributed by atoms with E-state index in [4.69, 9.17) is 0 Å². The van der Waals surface area contributed by atoms with E-state index in [1.165, 1.54) is 0 Å². The minimum atomic E-state index is -0.00859. The molecule has 23 heavy (non-hydrogen) atoms. The predicted molar refractivity (Wildman–Crippen MR) is 102 cm³/mol. The maximum absolute atomic E-state index is 10.3. The largest absolute Gasteiger partial charge is 0.507 e. The number of hydrogen-bond acceptors (Lipinski definition) is 1. The molecule has 1 N–H and O–H groups in total. The van der Waals surface area contributed by atoms with Crippen molar-refractivity contribution in [2.45, 2.75) is 58.8 Å². The summed E-state index contributed by atoms with van der Waals surface area (Å²) in [5.41, 5.74) is 2.03. The van der Waals surface area contributed by atoms with Gasteiger partial charge >= 0.3 is 0 Å². The van der Waals surface area contributed by atoms with Crippen LogP contribution in [0.4, 0.5) is 0 Å². The van der Waals surface area contributed by atoms with Crippen molar-refractivity contribution in [1.29, 1.82) is 0 Å². The second-order valence-corrected chi connectivity index (χ2v) is 7.20. The molecule has 0 saturated carbocycles. The summed E-state index contributed by atoms with van der Waals surface area (Å²) in [5, 5.41) is 10.3. The third kappa shape index (κ3) is 9.00. The molecule has 1 aromatic carbocycles. The van der Waals surface area contributed by atoms with Crippen molar-refractivity contribution in [2.24, 2.45) is 0 Å². The summed E-state index contributed by atoms with van der Waals surface area (Å²) in [6.07, 6.45) is 10.0. The molecule has 0 bridgehead atoms. The van der Waals surface area contributed by atoms with Crippen LogP contribution in [-0.2, 0) is 32.5 Å². The van der Waals surface area contributed by atoms with Gasteiger partial charge in [-0.15, -0.1) is 31.2 Å². The van der Waals surface area contributed by atoms with Gasteiger partial charge in [0.1, 0.15) is 5.75 Å². The number of hydrogen-bond donors (Lipinski definition) is 1. The molecule has 0 heterocycles. The fourth-order valence-electron chi connectivity index (χ4n) is 2.09. The van der Waals surface area contributed by atoms with E-state index in [0.29, 0.717) is 5.75 Å². The summed E-state index contributed by atoms with van der Waals surface area (Å²) in [5.74, 6) is 0.456. The summed E-state index contributed by atoms with van der Waals surface area (Å²) in [7, 11) is 0. The van der Waals surface area contributed by atoms with Gasteiger partial charge in [-0.2, -0.15) is 6.08 Å². The molecule has 0 spiro atoms. The third-order valence-corrected chi connectivity index (χ3v) is 3.24.